The number of allylic oxidation sites excluding steroid dienone is 1. The van der Waals surface area contributed by atoms with Gasteiger partial charge in [-0.1, -0.05) is 110 Å². The summed E-state index contributed by atoms with van der Waals surface area (Å²) in [5.41, 5.74) is 4.15. The van der Waals surface area contributed by atoms with Crippen molar-refractivity contribution in [2.75, 3.05) is 13.2 Å². The van der Waals surface area contributed by atoms with E-state index in [1.165, 1.54) is 18.4 Å². The smallest absolute Gasteiger partial charge is 0.327 e. The van der Waals surface area contributed by atoms with E-state index in [9.17, 15) is 14.7 Å². The van der Waals surface area contributed by atoms with Crippen LogP contribution in [0.5, 0.6) is 0 Å². The maximum absolute atomic E-state index is 14.4. The number of epoxide rings is 1. The molecular formula is C46H52N2O8. The monoisotopic (exact) mass is 760 g/mol. The predicted molar refractivity (Wildman–Crippen MR) is 206 cm³/mol. The van der Waals surface area contributed by atoms with Crippen LogP contribution in [0.1, 0.15) is 81.5 Å². The number of nitrogens with zero attached hydrogens (tertiary/aromatic N) is 1. The van der Waals surface area contributed by atoms with E-state index in [-0.39, 0.29) is 37.6 Å². The topological polar surface area (TPSA) is 119 Å². The first-order valence-electron chi connectivity index (χ1n) is 20.5. The fourth-order valence-electron chi connectivity index (χ4n) is 11.4. The van der Waals surface area contributed by atoms with Crippen LogP contribution in [0.25, 0.3) is 6.08 Å². The fraction of sp³-hybridized carbons (Fsp3) is 0.522. The van der Waals surface area contributed by atoms with Crippen molar-refractivity contribution in [2.45, 2.75) is 114 Å². The molecule has 4 heterocycles. The van der Waals surface area contributed by atoms with Gasteiger partial charge in [-0.05, 0) is 67.4 Å². The average molecular weight is 761 g/mol. The highest BCUT2D eigenvalue weighted by Crippen LogP contribution is 2.61. The summed E-state index contributed by atoms with van der Waals surface area (Å²) < 4.78 is 26.5. The van der Waals surface area contributed by atoms with Crippen molar-refractivity contribution in [3.8, 4) is 0 Å². The fourth-order valence-corrected chi connectivity index (χ4v) is 11.4. The molecule has 56 heavy (non-hydrogen) atoms. The van der Waals surface area contributed by atoms with Gasteiger partial charge in [0.2, 0.25) is 11.7 Å². The molecule has 0 radical (unpaired) electrons. The lowest BCUT2D eigenvalue weighted by Crippen LogP contribution is -2.69. The van der Waals surface area contributed by atoms with Crippen LogP contribution in [0.3, 0.4) is 0 Å². The van der Waals surface area contributed by atoms with Crippen LogP contribution in [0.15, 0.2) is 90.5 Å². The third kappa shape index (κ3) is 5.66. The quantitative estimate of drug-likeness (QED) is 0.209. The first-order valence-corrected chi connectivity index (χ1v) is 20.5. The van der Waals surface area contributed by atoms with Crippen molar-refractivity contribution in [3.05, 3.63) is 113 Å². The molecule has 3 aromatic rings. The van der Waals surface area contributed by atoms with Crippen LogP contribution in [0.4, 0.5) is 0 Å². The third-order valence-corrected chi connectivity index (χ3v) is 14.3. The van der Waals surface area contributed by atoms with Crippen molar-refractivity contribution in [1.82, 2.24) is 10.4 Å². The lowest BCUT2D eigenvalue weighted by Gasteiger charge is -2.53. The molecule has 3 aliphatic carbocycles. The van der Waals surface area contributed by atoms with Gasteiger partial charge in [-0.2, -0.15) is 5.06 Å². The lowest BCUT2D eigenvalue weighted by atomic mass is 9.52. The first kappa shape index (κ1) is 36.4. The number of esters is 1. The Morgan fingerprint density at radius 2 is 1.64 bits per heavy atom. The minimum absolute atomic E-state index is 0.0331. The second-order valence-corrected chi connectivity index (χ2v) is 18.1. The molecule has 0 aromatic heterocycles. The maximum Gasteiger partial charge on any atom is 0.327 e. The number of hydroxylamine groups is 2. The number of benzene rings is 3. The minimum atomic E-state index is -1.34. The maximum atomic E-state index is 14.4. The molecular weight excluding hydrogens is 709 g/mol. The Morgan fingerprint density at radius 1 is 0.911 bits per heavy atom. The lowest BCUT2D eigenvalue weighted by molar-refractivity contribution is -0.213. The van der Waals surface area contributed by atoms with Gasteiger partial charge in [-0.3, -0.25) is 14.4 Å². The molecule has 10 nitrogen and oxygen atoms in total. The van der Waals surface area contributed by atoms with Gasteiger partial charge in [0, 0.05) is 24.1 Å². The molecule has 10 rings (SSSR count). The molecule has 294 valence electrons. The van der Waals surface area contributed by atoms with E-state index in [4.69, 9.17) is 23.8 Å². The number of aliphatic hydroxyl groups is 1. The molecule has 0 spiro atoms. The SMILES string of the molecule is CC1(C)C[C@@H]2C(=Cc3cccc(CN4O[C@@H]5[C@H]6OC(c7ccccc7)(c7ccccc7)O[C@H]6[C@@H]6C[C@]5(C(=O)NCCO)[C@@H]4C(=O)O6)c3)CCC3O[C@]3(C)CC[C@H]21. The number of fused-ring (bicyclic) bond motifs is 6. The van der Waals surface area contributed by atoms with Crippen molar-refractivity contribution >= 4 is 18.0 Å². The van der Waals surface area contributed by atoms with Crippen molar-refractivity contribution < 1.29 is 38.5 Å². The molecule has 1 unspecified atom stereocenters. The number of carbonyl (C=O) groups excluding carboxylic acids is 2. The Morgan fingerprint density at radius 3 is 2.36 bits per heavy atom. The second kappa shape index (κ2) is 13.3. The van der Waals surface area contributed by atoms with E-state index in [1.807, 2.05) is 66.7 Å². The Labute approximate surface area is 328 Å². The van der Waals surface area contributed by atoms with E-state index in [0.717, 1.165) is 41.5 Å². The summed E-state index contributed by atoms with van der Waals surface area (Å²) in [5, 5.41) is 14.3. The summed E-state index contributed by atoms with van der Waals surface area (Å²) in [6.45, 7) is 7.17. The predicted octanol–water partition coefficient (Wildman–Crippen LogP) is 6.06. The number of carbonyl (C=O) groups is 2. The van der Waals surface area contributed by atoms with E-state index >= 15 is 0 Å². The molecule has 3 saturated carbocycles. The highest BCUT2D eigenvalue weighted by molar-refractivity contribution is 5.93. The van der Waals surface area contributed by atoms with Crippen molar-refractivity contribution in [2.24, 2.45) is 22.7 Å². The number of hydrogen-bond donors (Lipinski definition) is 2. The van der Waals surface area contributed by atoms with E-state index in [2.05, 4.69) is 50.4 Å². The molecule has 10 heteroatoms. The zero-order chi connectivity index (χ0) is 38.5. The highest BCUT2D eigenvalue weighted by Gasteiger charge is 2.76. The Kier molecular flexibility index (Phi) is 8.67. The van der Waals surface area contributed by atoms with Gasteiger partial charge in [0.15, 0.2) is 6.04 Å². The Balaban J connectivity index is 0.983. The van der Waals surface area contributed by atoms with Crippen LogP contribution in [-0.2, 0) is 45.7 Å². The summed E-state index contributed by atoms with van der Waals surface area (Å²) in [6, 6.07) is 26.8. The summed E-state index contributed by atoms with van der Waals surface area (Å²) in [4.78, 5) is 35.5. The van der Waals surface area contributed by atoms with E-state index in [0.29, 0.717) is 23.4 Å². The second-order valence-electron chi connectivity index (χ2n) is 18.1. The summed E-state index contributed by atoms with van der Waals surface area (Å²) >= 11 is 0. The molecule has 4 aliphatic heterocycles. The summed E-state index contributed by atoms with van der Waals surface area (Å²) in [7, 11) is 0. The largest absolute Gasteiger partial charge is 0.458 e. The molecule has 3 aromatic carbocycles. The van der Waals surface area contributed by atoms with Gasteiger partial charge < -0.3 is 29.4 Å². The standard InChI is InChI=1S/C46H52N2O8/c1-43(2)25-33-30(17-18-36-44(3,53-36)20-19-34(33)43)24-28-11-10-12-29(23-28)27-48-39-41(50)52-35-26-45(39,42(51)47-21-22-49)40(56-48)38-37(35)54-46(55-38,31-13-6-4-7-14-31)32-15-8-5-9-16-32/h4-16,23-24,33-40,49H,17-22,25-27H2,1-3H3,(H,47,51)/t33-,34-,35+,36?,37+,38+,39+,40-,44-,45+/m1/s1. The molecule has 2 N–H and O–H groups in total. The van der Waals surface area contributed by atoms with Gasteiger partial charge in [-0.25, -0.2) is 0 Å². The van der Waals surface area contributed by atoms with E-state index in [1.54, 1.807) is 5.06 Å². The van der Waals surface area contributed by atoms with Crippen molar-refractivity contribution in [3.63, 3.8) is 0 Å². The number of nitrogens with one attached hydrogen (secondary N) is 1. The van der Waals surface area contributed by atoms with E-state index < -0.39 is 47.6 Å². The van der Waals surface area contributed by atoms with Gasteiger partial charge in [0.1, 0.15) is 29.8 Å². The molecule has 10 atom stereocenters. The molecule has 7 aliphatic rings. The zero-order valence-corrected chi connectivity index (χ0v) is 32.4. The van der Waals surface area contributed by atoms with Crippen LogP contribution in [-0.4, -0.2) is 77.4 Å². The molecule has 1 amide bonds. The zero-order valence-electron chi connectivity index (χ0n) is 32.4. The number of hydrogen-bond acceptors (Lipinski definition) is 9. The average Bonchev–Trinajstić information content (AvgIpc) is 3.48. The van der Waals surface area contributed by atoms with Crippen LogP contribution < -0.4 is 5.32 Å². The summed E-state index contributed by atoms with van der Waals surface area (Å²) in [6.07, 6.45) is 5.43. The number of ether oxygens (including phenoxy) is 4. The molecule has 7 fully saturated rings. The number of rotatable bonds is 8. The third-order valence-electron chi connectivity index (χ3n) is 14.3. The van der Waals surface area contributed by atoms with Gasteiger partial charge >= 0.3 is 5.97 Å². The Hall–Kier alpha value is -3.90. The van der Waals surface area contributed by atoms with Crippen LogP contribution in [0, 0.1) is 22.7 Å². The highest BCUT2D eigenvalue weighted by atomic mass is 16.8. The number of aliphatic hydroxyl groups excluding tert-OH is 1. The van der Waals surface area contributed by atoms with Gasteiger partial charge in [0.05, 0.1) is 24.9 Å². The normalized spacial score (nSPS) is 38.1. The van der Waals surface area contributed by atoms with Crippen LogP contribution in [0.2, 0.25) is 0 Å². The van der Waals surface area contributed by atoms with Crippen molar-refractivity contribution in [1.29, 1.82) is 0 Å². The Bertz CT molecular complexity index is 2000. The molecule has 4 saturated heterocycles. The number of amides is 1. The molecule has 2 bridgehead atoms. The van der Waals surface area contributed by atoms with Gasteiger partial charge in [-0.15, -0.1) is 0 Å². The van der Waals surface area contributed by atoms with Crippen LogP contribution >= 0.6 is 0 Å². The van der Waals surface area contributed by atoms with Gasteiger partial charge in [0.25, 0.3) is 0 Å². The summed E-state index contributed by atoms with van der Waals surface area (Å²) in [5.74, 6) is -1.01. The minimum Gasteiger partial charge on any atom is -0.458 e. The first-order chi connectivity index (χ1) is 27.0.